The summed E-state index contributed by atoms with van der Waals surface area (Å²) in [6, 6.07) is 9.66. The van der Waals surface area contributed by atoms with Gasteiger partial charge in [-0.2, -0.15) is 4.98 Å². The van der Waals surface area contributed by atoms with Gasteiger partial charge in [0.15, 0.2) is 11.9 Å². The summed E-state index contributed by atoms with van der Waals surface area (Å²) >= 11 is 0. The van der Waals surface area contributed by atoms with Gasteiger partial charge < -0.3 is 35.1 Å². The molecule has 41 heavy (non-hydrogen) atoms. The summed E-state index contributed by atoms with van der Waals surface area (Å²) in [5.41, 5.74) is 9.59. The second kappa shape index (κ2) is 11.9. The van der Waals surface area contributed by atoms with E-state index in [0.29, 0.717) is 0 Å². The van der Waals surface area contributed by atoms with Crippen molar-refractivity contribution in [1.29, 1.82) is 0 Å². The molecule has 1 aromatic carbocycles. The van der Waals surface area contributed by atoms with E-state index in [1.54, 1.807) is 44.2 Å². The number of halogens is 1. The quantitative estimate of drug-likeness (QED) is 0.188. The average Bonchev–Trinajstić information content (AvgIpc) is 3.42. The van der Waals surface area contributed by atoms with Crippen LogP contribution in [0.15, 0.2) is 47.4 Å². The second-order valence-corrected chi connectivity index (χ2v) is 12.4. The molecule has 0 bridgehead atoms. The number of aliphatic hydroxyl groups excluding tert-OH is 1. The molecule has 1 unspecified atom stereocenters. The fourth-order valence-electron chi connectivity index (χ4n) is 4.70. The number of rotatable bonds is 11. The SMILES string of the molecule is CC(C)OC(=O)[C@H](C)C[P@@](=O)(Oc1ccccc1)O[C@H](C)[C@H]1O[C@@H](n2ccc3c(=O)[nH]c(N)nc32)C(N)(CF)[C@H]1O. The highest BCUT2D eigenvalue weighted by Crippen LogP contribution is 2.53. The van der Waals surface area contributed by atoms with Crippen LogP contribution in [0, 0.1) is 5.92 Å². The van der Waals surface area contributed by atoms with E-state index in [9.17, 15) is 23.7 Å². The lowest BCUT2D eigenvalue weighted by atomic mass is 9.91. The largest absolute Gasteiger partial charge is 0.463 e. The van der Waals surface area contributed by atoms with Gasteiger partial charge in [0.1, 0.15) is 30.2 Å². The molecule has 0 aliphatic carbocycles. The van der Waals surface area contributed by atoms with E-state index in [-0.39, 0.29) is 35.0 Å². The van der Waals surface area contributed by atoms with Gasteiger partial charge in [-0.25, -0.2) is 8.96 Å². The molecule has 6 N–H and O–H groups in total. The summed E-state index contributed by atoms with van der Waals surface area (Å²) in [6.07, 6.45) is -4.80. The molecule has 3 heterocycles. The van der Waals surface area contributed by atoms with Gasteiger partial charge in [-0.1, -0.05) is 25.1 Å². The van der Waals surface area contributed by atoms with Crippen molar-refractivity contribution in [2.45, 2.75) is 63.9 Å². The molecule has 4 rings (SSSR count). The Bertz CT molecular complexity index is 1480. The molecule has 3 aromatic rings. The lowest BCUT2D eigenvalue weighted by Gasteiger charge is -2.31. The Labute approximate surface area is 235 Å². The predicted octanol–water partition coefficient (Wildman–Crippen LogP) is 2.50. The number of aromatic nitrogens is 3. The summed E-state index contributed by atoms with van der Waals surface area (Å²) < 4.78 is 52.9. The number of fused-ring (bicyclic) bond motifs is 1. The van der Waals surface area contributed by atoms with Crippen LogP contribution < -0.4 is 21.6 Å². The fourth-order valence-corrected chi connectivity index (χ4v) is 6.80. The van der Waals surface area contributed by atoms with Crippen LogP contribution in [0.3, 0.4) is 0 Å². The van der Waals surface area contributed by atoms with Crippen LogP contribution in [0.1, 0.15) is 33.9 Å². The number of nitrogens with zero attached hydrogens (tertiary/aromatic N) is 2. The van der Waals surface area contributed by atoms with Gasteiger partial charge in [-0.3, -0.25) is 19.1 Å². The lowest BCUT2D eigenvalue weighted by molar-refractivity contribution is -0.151. The maximum absolute atomic E-state index is 14.5. The van der Waals surface area contributed by atoms with Crippen molar-refractivity contribution in [2.24, 2.45) is 11.7 Å². The van der Waals surface area contributed by atoms with Crippen molar-refractivity contribution in [3.63, 3.8) is 0 Å². The molecule has 0 radical (unpaired) electrons. The van der Waals surface area contributed by atoms with E-state index in [1.807, 2.05) is 0 Å². The molecule has 13 nitrogen and oxygen atoms in total. The molecular weight excluding hydrogens is 560 g/mol. The third kappa shape index (κ3) is 6.31. The minimum absolute atomic E-state index is 0.0662. The number of nitrogens with one attached hydrogen (secondary N) is 1. The Balaban J connectivity index is 1.63. The molecule has 1 fully saturated rings. The highest BCUT2D eigenvalue weighted by atomic mass is 31.2. The number of nitrogen functional groups attached to an aromatic ring is 1. The number of esters is 1. The summed E-state index contributed by atoms with van der Waals surface area (Å²) in [5.74, 6) is -1.42. The number of carbonyl (C=O) groups is 1. The first-order valence-corrected chi connectivity index (χ1v) is 14.8. The first kappa shape index (κ1) is 30.7. The lowest BCUT2D eigenvalue weighted by Crippen LogP contribution is -2.57. The normalized spacial score (nSPS) is 25.6. The number of carbonyl (C=O) groups excluding carboxylic acids is 1. The average molecular weight is 596 g/mol. The minimum Gasteiger partial charge on any atom is -0.463 e. The van der Waals surface area contributed by atoms with E-state index in [0.717, 1.165) is 0 Å². The van der Waals surface area contributed by atoms with Crippen LogP contribution in [0.4, 0.5) is 10.3 Å². The zero-order chi connectivity index (χ0) is 30.1. The molecule has 1 saturated heterocycles. The highest BCUT2D eigenvalue weighted by molar-refractivity contribution is 7.54. The van der Waals surface area contributed by atoms with Crippen molar-refractivity contribution in [3.8, 4) is 5.75 Å². The maximum Gasteiger partial charge on any atom is 0.380 e. The molecule has 224 valence electrons. The summed E-state index contributed by atoms with van der Waals surface area (Å²) in [5, 5.41) is 11.3. The summed E-state index contributed by atoms with van der Waals surface area (Å²) in [7, 11) is -4.12. The molecule has 7 atom stereocenters. The fraction of sp³-hybridized carbons (Fsp3) is 0.500. The van der Waals surface area contributed by atoms with E-state index in [4.69, 9.17) is 30.0 Å². The van der Waals surface area contributed by atoms with Crippen LogP contribution in [0.2, 0.25) is 0 Å². The van der Waals surface area contributed by atoms with Crippen molar-refractivity contribution < 1.29 is 37.4 Å². The Hall–Kier alpha value is -3.29. The summed E-state index contributed by atoms with van der Waals surface area (Å²) in [6.45, 7) is 5.15. The van der Waals surface area contributed by atoms with Crippen LogP contribution in [0.5, 0.6) is 5.75 Å². The number of hydrogen-bond donors (Lipinski definition) is 4. The topological polar surface area (TPSA) is 194 Å². The Morgan fingerprint density at radius 2 is 1.95 bits per heavy atom. The van der Waals surface area contributed by atoms with Gasteiger partial charge in [0.25, 0.3) is 5.56 Å². The Morgan fingerprint density at radius 1 is 1.27 bits per heavy atom. The van der Waals surface area contributed by atoms with Gasteiger partial charge in [0.2, 0.25) is 5.95 Å². The maximum atomic E-state index is 14.5. The number of ether oxygens (including phenoxy) is 2. The predicted molar refractivity (Wildman–Crippen MR) is 148 cm³/mol. The first-order chi connectivity index (χ1) is 19.3. The second-order valence-electron chi connectivity index (χ2n) is 10.5. The Kier molecular flexibility index (Phi) is 8.90. The van der Waals surface area contributed by atoms with Crippen LogP contribution in [0.25, 0.3) is 11.0 Å². The Morgan fingerprint density at radius 3 is 2.59 bits per heavy atom. The number of benzene rings is 1. The number of aliphatic hydroxyl groups is 1. The number of anilines is 1. The van der Waals surface area contributed by atoms with Crippen molar-refractivity contribution in [2.75, 3.05) is 18.6 Å². The first-order valence-electron chi connectivity index (χ1n) is 13.0. The van der Waals surface area contributed by atoms with Gasteiger partial charge in [-0.05, 0) is 39.0 Å². The van der Waals surface area contributed by atoms with Gasteiger partial charge in [-0.15, -0.1) is 0 Å². The number of H-pyrrole nitrogens is 1. The van der Waals surface area contributed by atoms with Crippen molar-refractivity contribution in [3.05, 3.63) is 52.9 Å². The standard InChI is InChI=1S/C26H35FN5O8P/c1-14(2)37-23(35)15(3)12-41(36,40-17-8-6-5-7-9-17)39-16(4)19-20(33)26(29,13-27)24(38-19)32-11-10-18-21(32)30-25(28)31-22(18)34/h5-11,14-16,19-20,24,33H,12-13,29H2,1-4H3,(H3,28,30,31,34)/t15-,16-,19-,20+,24-,26?,41+/m1/s1. The van der Waals surface area contributed by atoms with E-state index >= 15 is 0 Å². The monoisotopic (exact) mass is 595 g/mol. The number of alkyl halides is 1. The van der Waals surface area contributed by atoms with Gasteiger partial charge >= 0.3 is 13.6 Å². The van der Waals surface area contributed by atoms with Gasteiger partial charge in [0.05, 0.1) is 29.7 Å². The van der Waals surface area contributed by atoms with Gasteiger partial charge in [0, 0.05) is 6.20 Å². The van der Waals surface area contributed by atoms with Crippen LogP contribution in [-0.4, -0.2) is 68.4 Å². The number of aromatic amines is 1. The molecule has 0 saturated carbocycles. The molecule has 1 aliphatic rings. The molecule has 1 aliphatic heterocycles. The van der Waals surface area contributed by atoms with Crippen LogP contribution in [-0.2, 0) is 23.4 Å². The summed E-state index contributed by atoms with van der Waals surface area (Å²) in [4.78, 5) is 31.3. The van der Waals surface area contributed by atoms with Crippen LogP contribution >= 0.6 is 7.60 Å². The molecule has 15 heteroatoms. The zero-order valence-electron chi connectivity index (χ0n) is 23.1. The molecular formula is C26H35FN5O8P. The number of hydrogen-bond acceptors (Lipinski definition) is 11. The third-order valence-electron chi connectivity index (χ3n) is 6.72. The van der Waals surface area contributed by atoms with E-state index in [2.05, 4.69) is 9.97 Å². The zero-order valence-corrected chi connectivity index (χ0v) is 24.0. The molecule has 0 amide bonds. The smallest absolute Gasteiger partial charge is 0.380 e. The number of para-hydroxylation sites is 1. The molecule has 0 spiro atoms. The van der Waals surface area contributed by atoms with Crippen molar-refractivity contribution >= 4 is 30.5 Å². The van der Waals surface area contributed by atoms with E-state index in [1.165, 1.54) is 30.7 Å². The highest BCUT2D eigenvalue weighted by Gasteiger charge is 2.57. The van der Waals surface area contributed by atoms with Crippen molar-refractivity contribution in [1.82, 2.24) is 14.5 Å². The minimum atomic E-state index is -4.12. The molecule has 2 aromatic heterocycles. The third-order valence-corrected chi connectivity index (χ3v) is 8.86. The number of nitrogens with two attached hydrogens (primary N) is 2. The van der Waals surface area contributed by atoms with E-state index < -0.39 is 61.8 Å².